The van der Waals surface area contributed by atoms with E-state index < -0.39 is 9.84 Å². The van der Waals surface area contributed by atoms with E-state index in [9.17, 15) is 13.2 Å². The van der Waals surface area contributed by atoms with Gasteiger partial charge in [-0.05, 0) is 56.9 Å². The number of sulfone groups is 1. The summed E-state index contributed by atoms with van der Waals surface area (Å²) in [6, 6.07) is 27.5. The molecular formula is C41H70N2O4S. The predicted octanol–water partition coefficient (Wildman–Crippen LogP) is 10.6. The van der Waals surface area contributed by atoms with E-state index in [1.165, 1.54) is 17.4 Å². The Morgan fingerprint density at radius 3 is 1.75 bits per heavy atom. The van der Waals surface area contributed by atoms with Crippen molar-refractivity contribution in [1.29, 1.82) is 5.26 Å². The van der Waals surface area contributed by atoms with Gasteiger partial charge in [-0.3, -0.25) is 4.79 Å². The highest BCUT2D eigenvalue weighted by atomic mass is 32.2. The molecule has 1 amide bonds. The largest absolute Gasteiger partial charge is 0.380 e. The van der Waals surface area contributed by atoms with E-state index in [0.29, 0.717) is 38.2 Å². The minimum atomic E-state index is -2.80. The van der Waals surface area contributed by atoms with Crippen LogP contribution in [0.1, 0.15) is 115 Å². The molecule has 0 spiro atoms. The summed E-state index contributed by atoms with van der Waals surface area (Å²) in [5, 5.41) is 11.1. The minimum Gasteiger partial charge on any atom is -0.380 e. The van der Waals surface area contributed by atoms with Crippen LogP contribution in [0.5, 0.6) is 0 Å². The second-order valence-corrected chi connectivity index (χ2v) is 11.1. The van der Waals surface area contributed by atoms with Crippen molar-refractivity contribution in [2.75, 3.05) is 31.8 Å². The van der Waals surface area contributed by atoms with Gasteiger partial charge in [-0.25, -0.2) is 8.42 Å². The van der Waals surface area contributed by atoms with E-state index in [1.807, 2.05) is 145 Å². The number of benzene rings is 3. The Bertz CT molecular complexity index is 1220. The first kappa shape index (κ1) is 54.0. The summed E-state index contributed by atoms with van der Waals surface area (Å²) in [7, 11) is -2.80. The van der Waals surface area contributed by atoms with Gasteiger partial charge in [0.15, 0.2) is 0 Å². The molecule has 274 valence electrons. The number of nitrogens with zero attached hydrogens (tertiary/aromatic N) is 1. The van der Waals surface area contributed by atoms with Crippen LogP contribution in [0.15, 0.2) is 78.9 Å². The van der Waals surface area contributed by atoms with Gasteiger partial charge in [0, 0.05) is 25.0 Å². The topological polar surface area (TPSA) is 96.3 Å². The molecule has 3 aromatic rings. The van der Waals surface area contributed by atoms with Crippen molar-refractivity contribution in [3.05, 3.63) is 107 Å². The summed E-state index contributed by atoms with van der Waals surface area (Å²) in [6.45, 7) is 27.7. The molecule has 3 aromatic carbocycles. The van der Waals surface area contributed by atoms with Crippen molar-refractivity contribution in [1.82, 2.24) is 5.32 Å². The number of amides is 1. The maximum atomic E-state index is 11.6. The molecule has 1 N–H and O–H groups in total. The van der Waals surface area contributed by atoms with Crippen LogP contribution in [-0.2, 0) is 27.4 Å². The SMILES string of the molecule is CC.CC.CC.CC.CC.CCOCCNC(=O)c1cccc(C)c1.Cc1ccc(CCCS(C)(=O)=O)cc1.N#CCc1ccccc1. The average Bonchev–Trinajstić information content (AvgIpc) is 3.12. The second kappa shape index (κ2) is 41.6. The molecule has 0 saturated heterocycles. The summed E-state index contributed by atoms with van der Waals surface area (Å²) < 4.78 is 26.9. The number of carbonyl (C=O) groups is 1. The minimum absolute atomic E-state index is 0.0431. The lowest BCUT2D eigenvalue weighted by Gasteiger charge is -2.05. The van der Waals surface area contributed by atoms with Gasteiger partial charge in [0.2, 0.25) is 0 Å². The fourth-order valence-corrected chi connectivity index (χ4v) is 3.92. The van der Waals surface area contributed by atoms with Gasteiger partial charge in [-0.1, -0.05) is 147 Å². The molecule has 0 heterocycles. The molecule has 0 saturated carbocycles. The van der Waals surface area contributed by atoms with E-state index in [4.69, 9.17) is 10.00 Å². The van der Waals surface area contributed by atoms with Gasteiger partial charge in [0.1, 0.15) is 9.84 Å². The number of nitriles is 1. The zero-order valence-electron chi connectivity index (χ0n) is 32.9. The van der Waals surface area contributed by atoms with Crippen molar-refractivity contribution in [3.63, 3.8) is 0 Å². The van der Waals surface area contributed by atoms with Crippen LogP contribution in [0.4, 0.5) is 0 Å². The number of hydrogen-bond acceptors (Lipinski definition) is 5. The summed E-state index contributed by atoms with van der Waals surface area (Å²) in [5.74, 6) is 0.236. The molecule has 3 rings (SSSR count). The number of nitrogens with one attached hydrogen (secondary N) is 1. The summed E-state index contributed by atoms with van der Waals surface area (Å²) >= 11 is 0. The molecule has 7 heteroatoms. The van der Waals surface area contributed by atoms with Crippen LogP contribution >= 0.6 is 0 Å². The lowest BCUT2D eigenvalue weighted by Crippen LogP contribution is -2.27. The van der Waals surface area contributed by atoms with Crippen molar-refractivity contribution < 1.29 is 17.9 Å². The standard InChI is InChI=1S/C12H17NO2.C11H16O2S.C8H7N.5C2H6/c1-3-15-8-7-13-12(14)11-6-4-5-10(2)9-11;1-10-5-7-11(8-6-10)4-3-9-14(2,12)13;9-7-6-8-4-2-1-3-5-8;5*1-2/h4-6,9H,3,7-8H2,1-2H3,(H,13,14);5-8H,3-4,9H2,1-2H3;1-5H,6H2;5*1-2H3. The van der Waals surface area contributed by atoms with E-state index in [1.54, 1.807) is 0 Å². The van der Waals surface area contributed by atoms with Crippen molar-refractivity contribution in [2.24, 2.45) is 0 Å². The molecule has 0 aromatic heterocycles. The molecule has 0 aliphatic carbocycles. The summed E-state index contributed by atoms with van der Waals surface area (Å²) in [5.41, 5.74) is 5.31. The van der Waals surface area contributed by atoms with Gasteiger partial charge in [0.05, 0.1) is 24.8 Å². The Morgan fingerprint density at radius 2 is 1.29 bits per heavy atom. The molecule has 48 heavy (non-hydrogen) atoms. The Balaban J connectivity index is -0.000000173. The van der Waals surface area contributed by atoms with Crippen LogP contribution in [0.3, 0.4) is 0 Å². The zero-order chi connectivity index (χ0) is 38.2. The first-order valence-electron chi connectivity index (χ1n) is 17.7. The zero-order valence-corrected chi connectivity index (χ0v) is 33.8. The Morgan fingerprint density at radius 1 is 0.750 bits per heavy atom. The van der Waals surface area contributed by atoms with Crippen LogP contribution < -0.4 is 5.32 Å². The highest BCUT2D eigenvalue weighted by molar-refractivity contribution is 7.90. The van der Waals surface area contributed by atoms with Gasteiger partial charge < -0.3 is 10.1 Å². The van der Waals surface area contributed by atoms with Crippen LogP contribution in [0.25, 0.3) is 0 Å². The third-order valence-corrected chi connectivity index (χ3v) is 6.27. The number of ether oxygens (including phenoxy) is 1. The third kappa shape index (κ3) is 37.0. The Labute approximate surface area is 297 Å². The van der Waals surface area contributed by atoms with E-state index in [0.717, 1.165) is 17.5 Å². The highest BCUT2D eigenvalue weighted by Crippen LogP contribution is 2.06. The maximum absolute atomic E-state index is 11.6. The molecule has 0 atom stereocenters. The molecule has 6 nitrogen and oxygen atoms in total. The van der Waals surface area contributed by atoms with Crippen LogP contribution in [-0.4, -0.2) is 46.1 Å². The highest BCUT2D eigenvalue weighted by Gasteiger charge is 2.04. The number of rotatable bonds is 10. The maximum Gasteiger partial charge on any atom is 0.251 e. The third-order valence-electron chi connectivity index (χ3n) is 5.24. The van der Waals surface area contributed by atoms with Crippen molar-refractivity contribution in [3.8, 4) is 6.07 Å². The van der Waals surface area contributed by atoms with Crippen LogP contribution in [0.2, 0.25) is 0 Å². The lowest BCUT2D eigenvalue weighted by molar-refractivity contribution is 0.0922. The Hall–Kier alpha value is -3.47. The molecule has 0 aliphatic heterocycles. The average molecular weight is 687 g/mol. The van der Waals surface area contributed by atoms with Gasteiger partial charge in [-0.15, -0.1) is 0 Å². The quantitative estimate of drug-likeness (QED) is 0.214. The molecule has 0 unspecified atom stereocenters. The van der Waals surface area contributed by atoms with Gasteiger partial charge in [-0.2, -0.15) is 5.26 Å². The number of carbonyl (C=O) groups excluding carboxylic acids is 1. The summed E-state index contributed by atoms with van der Waals surface area (Å²) in [6.07, 6.45) is 3.35. The molecule has 0 aliphatic rings. The molecular weight excluding hydrogens is 617 g/mol. The molecule has 0 bridgehead atoms. The number of aryl methyl sites for hydroxylation is 3. The second-order valence-electron chi connectivity index (χ2n) is 8.86. The molecule has 0 radical (unpaired) electrons. The predicted molar refractivity (Wildman–Crippen MR) is 212 cm³/mol. The van der Waals surface area contributed by atoms with Crippen molar-refractivity contribution in [2.45, 2.75) is 109 Å². The smallest absolute Gasteiger partial charge is 0.251 e. The monoisotopic (exact) mass is 687 g/mol. The molecule has 0 fully saturated rings. The van der Waals surface area contributed by atoms with E-state index >= 15 is 0 Å². The first-order chi connectivity index (χ1) is 23.1. The van der Waals surface area contributed by atoms with Crippen molar-refractivity contribution >= 4 is 15.7 Å². The van der Waals surface area contributed by atoms with E-state index in [2.05, 4.69) is 35.7 Å². The van der Waals surface area contributed by atoms with E-state index in [-0.39, 0.29) is 11.7 Å². The first-order valence-corrected chi connectivity index (χ1v) is 19.8. The fraction of sp³-hybridized carbons (Fsp3) is 0.512. The summed E-state index contributed by atoms with van der Waals surface area (Å²) in [4.78, 5) is 11.6. The lowest BCUT2D eigenvalue weighted by atomic mass is 10.1. The normalized spacial score (nSPS) is 8.69. The number of hydrogen-bond donors (Lipinski definition) is 1. The van der Waals surface area contributed by atoms with Gasteiger partial charge >= 0.3 is 0 Å². The fourth-order valence-electron chi connectivity index (χ4n) is 3.25. The van der Waals surface area contributed by atoms with Gasteiger partial charge in [0.25, 0.3) is 5.91 Å². The Kier molecular flexibility index (Phi) is 46.7. The van der Waals surface area contributed by atoms with Crippen LogP contribution in [0, 0.1) is 25.2 Å².